The van der Waals surface area contributed by atoms with Crippen molar-refractivity contribution in [3.8, 4) is 0 Å². The van der Waals surface area contributed by atoms with E-state index in [2.05, 4.69) is 53.1 Å². The van der Waals surface area contributed by atoms with E-state index in [0.717, 1.165) is 24.9 Å². The average molecular weight is 424 g/mol. The summed E-state index contributed by atoms with van der Waals surface area (Å²) >= 11 is 0. The Bertz CT molecular complexity index is 1180. The van der Waals surface area contributed by atoms with Crippen LogP contribution in [0.15, 0.2) is 84.9 Å². The largest absolute Gasteiger partial charge is 0.462 e. The molecule has 0 spiro atoms. The molecule has 3 heteroatoms. The molecular weight excluding hydrogens is 394 g/mol. The van der Waals surface area contributed by atoms with Crippen LogP contribution < -0.4 is 0 Å². The van der Waals surface area contributed by atoms with Crippen molar-refractivity contribution in [3.63, 3.8) is 0 Å². The van der Waals surface area contributed by atoms with Gasteiger partial charge in [-0.3, -0.25) is 0 Å². The molecule has 1 aliphatic carbocycles. The Morgan fingerprint density at radius 2 is 1.34 bits per heavy atom. The van der Waals surface area contributed by atoms with Crippen molar-refractivity contribution in [2.24, 2.45) is 11.8 Å². The highest BCUT2D eigenvalue weighted by Crippen LogP contribution is 2.34. The highest BCUT2D eigenvalue weighted by Gasteiger charge is 2.23. The molecule has 1 saturated carbocycles. The number of hydrogen-bond acceptors (Lipinski definition) is 2. The second kappa shape index (κ2) is 9.44. The summed E-state index contributed by atoms with van der Waals surface area (Å²) in [6.45, 7) is 1.58. The van der Waals surface area contributed by atoms with Crippen LogP contribution >= 0.6 is 0 Å². The molecule has 0 atom stereocenters. The molecule has 1 fully saturated rings. The van der Waals surface area contributed by atoms with Gasteiger partial charge >= 0.3 is 5.97 Å². The number of esters is 1. The van der Waals surface area contributed by atoms with Crippen LogP contribution in [0.2, 0.25) is 0 Å². The topological polar surface area (TPSA) is 31.2 Å². The van der Waals surface area contributed by atoms with Gasteiger partial charge in [0.2, 0.25) is 0 Å². The molecule has 0 bridgehead atoms. The van der Waals surface area contributed by atoms with E-state index in [4.69, 9.17) is 4.74 Å². The molecule has 1 aliphatic rings. The zero-order valence-electron chi connectivity index (χ0n) is 18.3. The number of carbonyl (C=O) groups excluding carboxylic acids is 1. The van der Waals surface area contributed by atoms with E-state index in [9.17, 15) is 4.79 Å². The second-order valence-corrected chi connectivity index (χ2v) is 8.91. The van der Waals surface area contributed by atoms with Crippen molar-refractivity contribution in [2.75, 3.05) is 6.61 Å². The van der Waals surface area contributed by atoms with Crippen molar-refractivity contribution in [1.29, 1.82) is 0 Å². The van der Waals surface area contributed by atoms with Gasteiger partial charge < -0.3 is 9.30 Å². The number of nitrogens with zero attached hydrogens (tertiary/aromatic N) is 1. The minimum Gasteiger partial charge on any atom is -0.462 e. The Morgan fingerprint density at radius 3 is 2.00 bits per heavy atom. The van der Waals surface area contributed by atoms with Crippen LogP contribution in [0.3, 0.4) is 0 Å². The lowest BCUT2D eigenvalue weighted by atomic mass is 9.82. The van der Waals surface area contributed by atoms with Crippen LogP contribution in [0.1, 0.15) is 31.2 Å². The van der Waals surface area contributed by atoms with Crippen molar-refractivity contribution in [2.45, 2.75) is 32.2 Å². The second-order valence-electron chi connectivity index (χ2n) is 8.91. The fraction of sp³-hybridized carbons (Fsp3) is 0.276. The predicted octanol–water partition coefficient (Wildman–Crippen LogP) is 6.86. The number of carbonyl (C=O) groups is 1. The Balaban J connectivity index is 1.16. The molecule has 0 amide bonds. The van der Waals surface area contributed by atoms with Gasteiger partial charge in [-0.15, -0.1) is 0 Å². The van der Waals surface area contributed by atoms with Gasteiger partial charge in [0.25, 0.3) is 0 Å². The summed E-state index contributed by atoms with van der Waals surface area (Å²) in [5.41, 5.74) is 3.67. The monoisotopic (exact) mass is 423 g/mol. The van der Waals surface area contributed by atoms with Crippen LogP contribution in [0.4, 0.5) is 0 Å². The minimum atomic E-state index is -0.249. The van der Waals surface area contributed by atoms with E-state index in [-0.39, 0.29) is 5.97 Å². The van der Waals surface area contributed by atoms with Crippen LogP contribution in [-0.4, -0.2) is 17.1 Å². The first-order valence-electron chi connectivity index (χ1n) is 11.6. The maximum Gasteiger partial charge on any atom is 0.330 e. The SMILES string of the molecule is O=C(/C=C/c1ccccc1)OCC1CCC(Cn2c3ccccc3c3ccccc32)CC1. The first-order chi connectivity index (χ1) is 15.8. The zero-order valence-corrected chi connectivity index (χ0v) is 18.3. The lowest BCUT2D eigenvalue weighted by molar-refractivity contribution is -0.139. The standard InChI is InChI=1S/C29H29NO2/c31-29(19-18-22-8-2-1-3-9-22)32-21-24-16-14-23(15-17-24)20-30-27-12-6-4-10-25(27)26-11-5-7-13-28(26)30/h1-13,18-19,23-24H,14-17,20-21H2/b19-18+. The molecule has 0 N–H and O–H groups in total. The van der Waals surface area contributed by atoms with Crippen molar-refractivity contribution >= 4 is 33.9 Å². The van der Waals surface area contributed by atoms with E-state index < -0.39 is 0 Å². The maximum absolute atomic E-state index is 12.1. The number of hydrogen-bond donors (Lipinski definition) is 0. The number of fused-ring (bicyclic) bond motifs is 3. The highest BCUT2D eigenvalue weighted by atomic mass is 16.5. The number of rotatable bonds is 6. The number of benzene rings is 3. The molecule has 0 radical (unpaired) electrons. The number of aromatic nitrogens is 1. The summed E-state index contributed by atoms with van der Waals surface area (Å²) in [6, 6.07) is 27.3. The number of ether oxygens (including phenoxy) is 1. The van der Waals surface area contributed by atoms with Crippen LogP contribution in [0, 0.1) is 11.8 Å². The van der Waals surface area contributed by atoms with Crippen molar-refractivity contribution < 1.29 is 9.53 Å². The van der Waals surface area contributed by atoms with Gasteiger partial charge in [-0.25, -0.2) is 4.79 Å². The quantitative estimate of drug-likeness (QED) is 0.251. The molecular formula is C29H29NO2. The van der Waals surface area contributed by atoms with Crippen molar-refractivity contribution in [1.82, 2.24) is 4.57 Å². The van der Waals surface area contributed by atoms with Gasteiger partial charge in [0.05, 0.1) is 6.61 Å². The van der Waals surface area contributed by atoms with E-state index in [1.807, 2.05) is 36.4 Å². The smallest absolute Gasteiger partial charge is 0.330 e. The molecule has 162 valence electrons. The first kappa shape index (κ1) is 20.6. The molecule has 0 aliphatic heterocycles. The molecule has 32 heavy (non-hydrogen) atoms. The van der Waals surface area contributed by atoms with Crippen LogP contribution in [0.5, 0.6) is 0 Å². The average Bonchev–Trinajstić information content (AvgIpc) is 3.17. The summed E-state index contributed by atoms with van der Waals surface area (Å²) in [6.07, 6.45) is 7.95. The van der Waals surface area contributed by atoms with Gasteiger partial charge in [0, 0.05) is 34.4 Å². The van der Waals surface area contributed by atoms with Gasteiger partial charge in [-0.1, -0.05) is 66.7 Å². The maximum atomic E-state index is 12.1. The molecule has 1 aromatic heterocycles. The fourth-order valence-electron chi connectivity index (χ4n) is 5.02. The lowest BCUT2D eigenvalue weighted by Crippen LogP contribution is -2.22. The van der Waals surface area contributed by atoms with E-state index >= 15 is 0 Å². The molecule has 1 heterocycles. The molecule has 3 nitrogen and oxygen atoms in total. The van der Waals surface area contributed by atoms with E-state index in [1.54, 1.807) is 0 Å². The highest BCUT2D eigenvalue weighted by molar-refractivity contribution is 6.07. The third kappa shape index (κ3) is 4.47. The molecule has 0 saturated heterocycles. The third-order valence-corrected chi connectivity index (χ3v) is 6.76. The normalized spacial score (nSPS) is 19.0. The summed E-state index contributed by atoms with van der Waals surface area (Å²) < 4.78 is 8.03. The molecule has 0 unspecified atom stereocenters. The van der Waals surface area contributed by atoms with Gasteiger partial charge in [-0.2, -0.15) is 0 Å². The van der Waals surface area contributed by atoms with Crippen LogP contribution in [0.25, 0.3) is 27.9 Å². The van der Waals surface area contributed by atoms with E-state index in [0.29, 0.717) is 18.4 Å². The summed E-state index contributed by atoms with van der Waals surface area (Å²) in [7, 11) is 0. The Hall–Kier alpha value is -3.33. The lowest BCUT2D eigenvalue weighted by Gasteiger charge is -2.28. The van der Waals surface area contributed by atoms with Gasteiger partial charge in [0.1, 0.15) is 0 Å². The Morgan fingerprint density at radius 1 is 0.781 bits per heavy atom. The van der Waals surface area contributed by atoms with E-state index in [1.165, 1.54) is 40.7 Å². The summed E-state index contributed by atoms with van der Waals surface area (Å²) in [4.78, 5) is 12.1. The molecule has 3 aromatic carbocycles. The Kier molecular flexibility index (Phi) is 6.06. The Labute approximate surface area is 189 Å². The zero-order chi connectivity index (χ0) is 21.8. The third-order valence-electron chi connectivity index (χ3n) is 6.76. The first-order valence-corrected chi connectivity index (χ1v) is 11.6. The summed E-state index contributed by atoms with van der Waals surface area (Å²) in [5.74, 6) is 0.888. The summed E-state index contributed by atoms with van der Waals surface area (Å²) in [5, 5.41) is 2.68. The molecule has 4 aromatic rings. The minimum absolute atomic E-state index is 0.249. The fourth-order valence-corrected chi connectivity index (χ4v) is 5.02. The number of para-hydroxylation sites is 2. The molecule has 5 rings (SSSR count). The predicted molar refractivity (Wildman–Crippen MR) is 131 cm³/mol. The van der Waals surface area contributed by atoms with Crippen molar-refractivity contribution in [3.05, 3.63) is 90.5 Å². The van der Waals surface area contributed by atoms with Gasteiger partial charge in [-0.05, 0) is 61.3 Å². The van der Waals surface area contributed by atoms with Gasteiger partial charge in [0.15, 0.2) is 0 Å². The van der Waals surface area contributed by atoms with Crippen LogP contribution in [-0.2, 0) is 16.1 Å².